The van der Waals surface area contributed by atoms with E-state index in [1.54, 1.807) is 13.3 Å². The summed E-state index contributed by atoms with van der Waals surface area (Å²) >= 11 is 0. The summed E-state index contributed by atoms with van der Waals surface area (Å²) in [5.74, 6) is 5.19. The predicted octanol–water partition coefficient (Wildman–Crippen LogP) is 2.11. The Kier molecular flexibility index (Phi) is 4.57. The first kappa shape index (κ1) is 13.6. The maximum atomic E-state index is 13.3. The molecule has 3 N–H and O–H groups in total. The molecule has 4 nitrogen and oxygen atoms in total. The predicted molar refractivity (Wildman–Crippen MR) is 70.5 cm³/mol. The molecule has 0 spiro atoms. The summed E-state index contributed by atoms with van der Waals surface area (Å²) in [5.41, 5.74) is 4.26. The maximum absolute atomic E-state index is 13.3. The van der Waals surface area contributed by atoms with E-state index in [9.17, 15) is 4.39 Å². The van der Waals surface area contributed by atoms with E-state index in [2.05, 4.69) is 10.4 Å². The van der Waals surface area contributed by atoms with Crippen LogP contribution >= 0.6 is 0 Å². The number of halogens is 1. The van der Waals surface area contributed by atoms with Crippen molar-refractivity contribution in [1.82, 2.24) is 10.4 Å². The summed E-state index contributed by atoms with van der Waals surface area (Å²) in [5, 5.41) is 0. The molecule has 0 aliphatic carbocycles. The van der Waals surface area contributed by atoms with Crippen molar-refractivity contribution in [3.63, 3.8) is 0 Å². The Labute approximate surface area is 111 Å². The van der Waals surface area contributed by atoms with E-state index in [4.69, 9.17) is 10.6 Å². The van der Waals surface area contributed by atoms with Crippen LogP contribution in [0.5, 0.6) is 0 Å². The molecule has 0 fully saturated rings. The minimum absolute atomic E-state index is 0.324. The fourth-order valence-electron chi connectivity index (χ4n) is 2.06. The van der Waals surface area contributed by atoms with Crippen molar-refractivity contribution in [2.75, 3.05) is 7.11 Å². The average molecular weight is 261 g/mol. The second kappa shape index (κ2) is 6.38. The molecule has 2 atom stereocenters. The first-order valence-electron chi connectivity index (χ1n) is 5.90. The van der Waals surface area contributed by atoms with E-state index < -0.39 is 5.82 Å². The lowest BCUT2D eigenvalue weighted by atomic mass is 9.97. The molecule has 2 unspecified atom stereocenters. The first-order chi connectivity index (χ1) is 9.26. The molecule has 1 heterocycles. The van der Waals surface area contributed by atoms with Gasteiger partial charge in [0.15, 0.2) is 0 Å². The lowest BCUT2D eigenvalue weighted by molar-refractivity contribution is 0.0674. The highest BCUT2D eigenvalue weighted by Crippen LogP contribution is 2.30. The molecular weight excluding hydrogens is 245 g/mol. The highest BCUT2D eigenvalue weighted by atomic mass is 19.1. The van der Waals surface area contributed by atoms with Gasteiger partial charge in [-0.15, -0.1) is 0 Å². The van der Waals surface area contributed by atoms with Crippen molar-refractivity contribution in [3.05, 3.63) is 65.7 Å². The molecule has 0 amide bonds. The van der Waals surface area contributed by atoms with Crippen LogP contribution in [0, 0.1) is 5.82 Å². The molecule has 0 saturated heterocycles. The third-order valence-electron chi connectivity index (χ3n) is 2.95. The Hall–Kier alpha value is -1.82. The summed E-state index contributed by atoms with van der Waals surface area (Å²) < 4.78 is 18.8. The lowest BCUT2D eigenvalue weighted by Gasteiger charge is -2.26. The molecule has 0 aliphatic rings. The summed E-state index contributed by atoms with van der Waals surface area (Å²) in [6.07, 6.45) is 2.40. The van der Waals surface area contributed by atoms with Gasteiger partial charge in [0, 0.05) is 13.3 Å². The van der Waals surface area contributed by atoms with Crippen LogP contribution in [-0.2, 0) is 4.74 Å². The van der Waals surface area contributed by atoms with Gasteiger partial charge in [0.2, 0.25) is 0 Å². The van der Waals surface area contributed by atoms with Gasteiger partial charge in [0.1, 0.15) is 11.9 Å². The number of hydrogen-bond acceptors (Lipinski definition) is 4. The SMILES string of the molecule is COC(c1ccccc1)C(NN)c1cncc(F)c1. The number of hydrazine groups is 1. The first-order valence-corrected chi connectivity index (χ1v) is 5.90. The van der Waals surface area contributed by atoms with Gasteiger partial charge >= 0.3 is 0 Å². The molecule has 1 aromatic carbocycles. The smallest absolute Gasteiger partial charge is 0.141 e. The molecule has 2 aromatic rings. The van der Waals surface area contributed by atoms with Crippen molar-refractivity contribution in [3.8, 4) is 0 Å². The number of rotatable bonds is 5. The van der Waals surface area contributed by atoms with Crippen LogP contribution in [-0.4, -0.2) is 12.1 Å². The van der Waals surface area contributed by atoms with E-state index in [0.717, 1.165) is 11.8 Å². The number of methoxy groups -OCH3 is 1. The fraction of sp³-hybridized carbons (Fsp3) is 0.214. The minimum Gasteiger partial charge on any atom is -0.375 e. The Balaban J connectivity index is 2.34. The summed E-state index contributed by atoms with van der Waals surface area (Å²) in [4.78, 5) is 3.84. The van der Waals surface area contributed by atoms with Gasteiger partial charge in [-0.1, -0.05) is 30.3 Å². The molecule has 1 aromatic heterocycles. The quantitative estimate of drug-likeness (QED) is 0.639. The molecule has 0 radical (unpaired) electrons. The topological polar surface area (TPSA) is 60.2 Å². The Morgan fingerprint density at radius 1 is 1.21 bits per heavy atom. The molecule has 5 heteroatoms. The van der Waals surface area contributed by atoms with E-state index in [1.807, 2.05) is 30.3 Å². The summed E-state index contributed by atoms with van der Waals surface area (Å²) in [6.45, 7) is 0. The van der Waals surface area contributed by atoms with Crippen molar-refractivity contribution in [1.29, 1.82) is 0 Å². The molecule has 0 aliphatic heterocycles. The normalized spacial score (nSPS) is 14.1. The number of hydrogen-bond donors (Lipinski definition) is 2. The number of nitrogens with two attached hydrogens (primary N) is 1. The number of nitrogens with one attached hydrogen (secondary N) is 1. The third kappa shape index (κ3) is 3.14. The van der Waals surface area contributed by atoms with E-state index in [-0.39, 0.29) is 12.1 Å². The summed E-state index contributed by atoms with van der Waals surface area (Å²) in [6, 6.07) is 10.6. The zero-order chi connectivity index (χ0) is 13.7. The van der Waals surface area contributed by atoms with E-state index >= 15 is 0 Å². The van der Waals surface area contributed by atoms with Gasteiger partial charge in [-0.3, -0.25) is 10.8 Å². The number of nitrogens with zero attached hydrogens (tertiary/aromatic N) is 1. The monoisotopic (exact) mass is 261 g/mol. The second-order valence-corrected chi connectivity index (χ2v) is 4.15. The number of benzene rings is 1. The standard InChI is InChI=1S/C14H16FN3O/c1-19-14(10-5-3-2-4-6-10)13(18-16)11-7-12(15)9-17-8-11/h2-9,13-14,18H,16H2,1H3. The van der Waals surface area contributed by atoms with Crippen LogP contribution in [0.25, 0.3) is 0 Å². The second-order valence-electron chi connectivity index (χ2n) is 4.15. The summed E-state index contributed by atoms with van der Waals surface area (Å²) in [7, 11) is 1.59. The van der Waals surface area contributed by atoms with Crippen molar-refractivity contribution >= 4 is 0 Å². The van der Waals surface area contributed by atoms with Crippen LogP contribution < -0.4 is 11.3 Å². The zero-order valence-electron chi connectivity index (χ0n) is 10.6. The number of ether oxygens (including phenoxy) is 1. The van der Waals surface area contributed by atoms with Crippen LogP contribution in [0.4, 0.5) is 4.39 Å². The minimum atomic E-state index is -0.402. The zero-order valence-corrected chi connectivity index (χ0v) is 10.6. The highest BCUT2D eigenvalue weighted by Gasteiger charge is 2.24. The molecule has 0 bridgehead atoms. The fourth-order valence-corrected chi connectivity index (χ4v) is 2.06. The van der Waals surface area contributed by atoms with Gasteiger partial charge in [-0.25, -0.2) is 9.82 Å². The van der Waals surface area contributed by atoms with Gasteiger partial charge in [-0.05, 0) is 17.2 Å². The van der Waals surface area contributed by atoms with Crippen molar-refractivity contribution in [2.45, 2.75) is 12.1 Å². The van der Waals surface area contributed by atoms with Crippen molar-refractivity contribution < 1.29 is 9.13 Å². The largest absolute Gasteiger partial charge is 0.375 e. The third-order valence-corrected chi connectivity index (χ3v) is 2.95. The Morgan fingerprint density at radius 2 is 1.95 bits per heavy atom. The van der Waals surface area contributed by atoms with Gasteiger partial charge in [-0.2, -0.15) is 0 Å². The van der Waals surface area contributed by atoms with E-state index in [0.29, 0.717) is 5.56 Å². The van der Waals surface area contributed by atoms with E-state index in [1.165, 1.54) is 6.07 Å². The Bertz CT molecular complexity index is 521. The molecular formula is C14H16FN3O. The van der Waals surface area contributed by atoms with Crippen LogP contribution in [0.2, 0.25) is 0 Å². The van der Waals surface area contributed by atoms with Gasteiger partial charge < -0.3 is 4.74 Å². The van der Waals surface area contributed by atoms with Crippen LogP contribution in [0.15, 0.2) is 48.8 Å². The molecule has 19 heavy (non-hydrogen) atoms. The van der Waals surface area contributed by atoms with Gasteiger partial charge in [0.25, 0.3) is 0 Å². The van der Waals surface area contributed by atoms with Gasteiger partial charge in [0.05, 0.1) is 12.2 Å². The van der Waals surface area contributed by atoms with Crippen LogP contribution in [0.1, 0.15) is 23.3 Å². The van der Waals surface area contributed by atoms with Crippen molar-refractivity contribution in [2.24, 2.45) is 5.84 Å². The molecule has 100 valence electrons. The average Bonchev–Trinajstić information content (AvgIpc) is 2.45. The van der Waals surface area contributed by atoms with Crippen LogP contribution in [0.3, 0.4) is 0 Å². The highest BCUT2D eigenvalue weighted by molar-refractivity contribution is 5.24. The number of pyridine rings is 1. The number of aromatic nitrogens is 1. The Morgan fingerprint density at radius 3 is 2.53 bits per heavy atom. The maximum Gasteiger partial charge on any atom is 0.141 e. The lowest BCUT2D eigenvalue weighted by Crippen LogP contribution is -2.33. The molecule has 0 saturated carbocycles. The molecule has 2 rings (SSSR count).